The summed E-state index contributed by atoms with van der Waals surface area (Å²) in [6.45, 7) is 6.27. The molecule has 0 N–H and O–H groups in total. The van der Waals surface area contributed by atoms with E-state index in [0.29, 0.717) is 19.3 Å². The van der Waals surface area contributed by atoms with Crippen LogP contribution < -0.4 is 0 Å². The smallest absolute Gasteiger partial charge is 0.306 e. The van der Waals surface area contributed by atoms with E-state index in [2.05, 4.69) is 179 Å². The molecule has 0 heterocycles. The van der Waals surface area contributed by atoms with Crippen molar-refractivity contribution in [1.82, 2.24) is 0 Å². The molecule has 0 aliphatic heterocycles. The fourth-order valence-electron chi connectivity index (χ4n) is 8.69. The van der Waals surface area contributed by atoms with Gasteiger partial charge in [0.25, 0.3) is 0 Å². The fraction of sp³-hybridized carbons (Fsp3) is 0.613. The standard InChI is InChI=1S/C75H120O6/c1-4-7-10-13-16-19-22-25-28-30-32-34-35-36-37-38-39-41-42-44-47-50-53-56-59-62-65-68-74(77)80-71-72(70-79-73(76)67-64-61-58-55-52-49-46-27-24-21-18-15-12-9-6-3)81-75(78)69-66-63-60-57-54-51-48-45-43-40-33-31-29-26-23-20-17-14-11-8-5-2/h7-12,16-21,25-29,32-34,36-37,40,45-46,48,72H,4-6,13-15,22-24,30-31,35,38-39,41-44,47,49-71H2,1-3H3/b10-7-,11-8-,12-9-,19-16-,20-17-,21-18-,28-25-,29-26-,34-32-,37-36-,40-33-,46-27-,48-45-. The number of rotatable bonds is 58. The van der Waals surface area contributed by atoms with Gasteiger partial charge in [0.1, 0.15) is 13.2 Å². The molecule has 0 fully saturated rings. The van der Waals surface area contributed by atoms with Crippen LogP contribution >= 0.6 is 0 Å². The van der Waals surface area contributed by atoms with Gasteiger partial charge in [0, 0.05) is 19.3 Å². The molecule has 0 aliphatic rings. The summed E-state index contributed by atoms with van der Waals surface area (Å²) in [7, 11) is 0. The zero-order valence-corrected chi connectivity index (χ0v) is 52.2. The van der Waals surface area contributed by atoms with Crippen LogP contribution in [0, 0.1) is 0 Å². The molecule has 0 aromatic rings. The van der Waals surface area contributed by atoms with E-state index in [9.17, 15) is 14.4 Å². The van der Waals surface area contributed by atoms with Crippen molar-refractivity contribution in [3.8, 4) is 0 Å². The molecule has 0 saturated heterocycles. The van der Waals surface area contributed by atoms with Gasteiger partial charge < -0.3 is 14.2 Å². The second kappa shape index (κ2) is 67.5. The van der Waals surface area contributed by atoms with E-state index in [1.54, 1.807) is 0 Å². The zero-order valence-electron chi connectivity index (χ0n) is 52.2. The van der Waals surface area contributed by atoms with E-state index < -0.39 is 6.10 Å². The summed E-state index contributed by atoms with van der Waals surface area (Å²) >= 11 is 0. The maximum Gasteiger partial charge on any atom is 0.306 e. The van der Waals surface area contributed by atoms with Crippen LogP contribution in [0.15, 0.2) is 158 Å². The fourth-order valence-corrected chi connectivity index (χ4v) is 8.69. The normalized spacial score (nSPS) is 13.2. The van der Waals surface area contributed by atoms with Gasteiger partial charge in [0.15, 0.2) is 6.10 Å². The molecule has 6 nitrogen and oxygen atoms in total. The third-order valence-corrected chi connectivity index (χ3v) is 13.5. The van der Waals surface area contributed by atoms with Crippen molar-refractivity contribution in [2.24, 2.45) is 0 Å². The third kappa shape index (κ3) is 65.7. The second-order valence-corrected chi connectivity index (χ2v) is 21.2. The van der Waals surface area contributed by atoms with Crippen LogP contribution in [0.5, 0.6) is 0 Å². The Morgan fingerprint density at radius 3 is 0.691 bits per heavy atom. The van der Waals surface area contributed by atoms with E-state index in [1.807, 2.05) is 0 Å². The molecule has 0 spiro atoms. The van der Waals surface area contributed by atoms with E-state index in [1.165, 1.54) is 57.8 Å². The predicted molar refractivity (Wildman–Crippen MR) is 352 cm³/mol. The minimum atomic E-state index is -0.806. The van der Waals surface area contributed by atoms with Crippen molar-refractivity contribution in [1.29, 1.82) is 0 Å². The summed E-state index contributed by atoms with van der Waals surface area (Å²) in [6, 6.07) is 0. The molecule has 0 rings (SSSR count). The lowest BCUT2D eigenvalue weighted by Crippen LogP contribution is -2.30. The summed E-state index contributed by atoms with van der Waals surface area (Å²) < 4.78 is 16.9. The topological polar surface area (TPSA) is 78.9 Å². The molecule has 1 unspecified atom stereocenters. The maximum absolute atomic E-state index is 12.9. The van der Waals surface area contributed by atoms with Crippen LogP contribution in [0.2, 0.25) is 0 Å². The maximum atomic E-state index is 12.9. The molecule has 0 amide bonds. The quantitative estimate of drug-likeness (QED) is 0.0261. The summed E-state index contributed by atoms with van der Waals surface area (Å²) in [5.74, 6) is -0.938. The first kappa shape index (κ1) is 76.0. The molecule has 456 valence electrons. The van der Waals surface area contributed by atoms with Crippen LogP contribution in [0.1, 0.15) is 278 Å². The summed E-state index contributed by atoms with van der Waals surface area (Å²) in [4.78, 5) is 38.4. The van der Waals surface area contributed by atoms with Gasteiger partial charge in [-0.2, -0.15) is 0 Å². The van der Waals surface area contributed by atoms with E-state index in [4.69, 9.17) is 14.2 Å². The van der Waals surface area contributed by atoms with Crippen molar-refractivity contribution in [2.45, 2.75) is 284 Å². The molecule has 81 heavy (non-hydrogen) atoms. The Hall–Kier alpha value is -4.97. The first-order valence-corrected chi connectivity index (χ1v) is 33.0. The molecule has 0 aromatic carbocycles. The average molecular weight is 1120 g/mol. The summed E-state index contributed by atoms with van der Waals surface area (Å²) in [5.41, 5.74) is 0. The molecular formula is C75H120O6. The van der Waals surface area contributed by atoms with Crippen LogP contribution in [-0.4, -0.2) is 37.2 Å². The Morgan fingerprint density at radius 1 is 0.247 bits per heavy atom. The van der Waals surface area contributed by atoms with Crippen LogP contribution in [0.3, 0.4) is 0 Å². The minimum absolute atomic E-state index is 0.0991. The average Bonchev–Trinajstić information content (AvgIpc) is 3.47. The second-order valence-electron chi connectivity index (χ2n) is 21.2. The number of esters is 3. The van der Waals surface area contributed by atoms with Crippen molar-refractivity contribution in [3.63, 3.8) is 0 Å². The molecule has 0 radical (unpaired) electrons. The van der Waals surface area contributed by atoms with Gasteiger partial charge in [-0.05, 0) is 141 Å². The summed E-state index contributed by atoms with van der Waals surface area (Å²) in [6.07, 6.45) is 98.2. The molecule has 0 saturated carbocycles. The Bertz CT molecular complexity index is 1810. The van der Waals surface area contributed by atoms with E-state index >= 15 is 0 Å². The van der Waals surface area contributed by atoms with Gasteiger partial charge in [-0.25, -0.2) is 0 Å². The van der Waals surface area contributed by atoms with E-state index in [0.717, 1.165) is 180 Å². The van der Waals surface area contributed by atoms with Gasteiger partial charge in [-0.15, -0.1) is 0 Å². The number of carbonyl (C=O) groups is 3. The Morgan fingerprint density at radius 2 is 0.444 bits per heavy atom. The monoisotopic (exact) mass is 1120 g/mol. The highest BCUT2D eigenvalue weighted by molar-refractivity contribution is 5.71. The lowest BCUT2D eigenvalue weighted by molar-refractivity contribution is -0.167. The predicted octanol–water partition coefficient (Wildman–Crippen LogP) is 22.9. The largest absolute Gasteiger partial charge is 0.462 e. The highest BCUT2D eigenvalue weighted by atomic mass is 16.6. The van der Waals surface area contributed by atoms with Gasteiger partial charge in [-0.1, -0.05) is 275 Å². The Labute approximate surface area is 499 Å². The summed E-state index contributed by atoms with van der Waals surface area (Å²) in [5, 5.41) is 0. The molecule has 0 bridgehead atoms. The van der Waals surface area contributed by atoms with Gasteiger partial charge in [0.2, 0.25) is 0 Å². The first-order valence-electron chi connectivity index (χ1n) is 33.0. The lowest BCUT2D eigenvalue weighted by atomic mass is 10.0. The number of hydrogen-bond donors (Lipinski definition) is 0. The molecule has 0 aromatic heterocycles. The van der Waals surface area contributed by atoms with Crippen molar-refractivity contribution in [2.75, 3.05) is 13.2 Å². The number of unbranched alkanes of at least 4 members (excludes halogenated alkanes) is 21. The minimum Gasteiger partial charge on any atom is -0.462 e. The highest BCUT2D eigenvalue weighted by Crippen LogP contribution is 2.15. The lowest BCUT2D eigenvalue weighted by Gasteiger charge is -2.18. The van der Waals surface area contributed by atoms with Crippen LogP contribution in [0.25, 0.3) is 0 Å². The Balaban J connectivity index is 4.41. The van der Waals surface area contributed by atoms with Crippen LogP contribution in [0.4, 0.5) is 0 Å². The van der Waals surface area contributed by atoms with Gasteiger partial charge in [-0.3, -0.25) is 14.4 Å². The highest BCUT2D eigenvalue weighted by Gasteiger charge is 2.19. The van der Waals surface area contributed by atoms with Crippen molar-refractivity contribution in [3.05, 3.63) is 158 Å². The van der Waals surface area contributed by atoms with Crippen molar-refractivity contribution >= 4 is 17.9 Å². The zero-order chi connectivity index (χ0) is 58.5. The number of hydrogen-bond acceptors (Lipinski definition) is 6. The van der Waals surface area contributed by atoms with Gasteiger partial charge >= 0.3 is 17.9 Å². The number of ether oxygens (including phenoxy) is 3. The molecule has 1 atom stereocenters. The van der Waals surface area contributed by atoms with E-state index in [-0.39, 0.29) is 31.1 Å². The number of carbonyl (C=O) groups excluding carboxylic acids is 3. The Kier molecular flexibility index (Phi) is 63.4. The van der Waals surface area contributed by atoms with Crippen LogP contribution in [-0.2, 0) is 28.6 Å². The molecule has 6 heteroatoms. The van der Waals surface area contributed by atoms with Crippen molar-refractivity contribution < 1.29 is 28.6 Å². The first-order chi connectivity index (χ1) is 40.0. The molecule has 0 aliphatic carbocycles. The molecular weight excluding hydrogens is 997 g/mol. The number of allylic oxidation sites excluding steroid dienone is 26. The third-order valence-electron chi connectivity index (χ3n) is 13.5. The SMILES string of the molecule is CC/C=C\C/C=C\C/C=C\C/C=C\C/C=C\CCCCCCCCCCCCCC(=O)OCC(COC(=O)CCCCCCC/C=C\C/C=C\C/C=C\CC)OC(=O)CCCCCCC/C=C\C/C=C\C/C=C\C/C=C\C/C=C\CC. The van der Waals surface area contributed by atoms with Gasteiger partial charge in [0.05, 0.1) is 0 Å².